The summed E-state index contributed by atoms with van der Waals surface area (Å²) in [5.41, 5.74) is -0.760. The highest BCUT2D eigenvalue weighted by atomic mass is 19.4. The van der Waals surface area contributed by atoms with Crippen molar-refractivity contribution < 1.29 is 22.7 Å². The molecule has 0 bridgehead atoms. The van der Waals surface area contributed by atoms with E-state index in [-0.39, 0.29) is 24.7 Å². The van der Waals surface area contributed by atoms with Crippen LogP contribution in [0.5, 0.6) is 5.75 Å². The zero-order valence-electron chi connectivity index (χ0n) is 20.2. The number of ether oxygens (including phenoxy) is 1. The molecule has 1 unspecified atom stereocenters. The third-order valence-electron chi connectivity index (χ3n) is 6.84. The number of carbonyl (C=O) groups excluding carboxylic acids is 1. The second-order valence-electron chi connectivity index (χ2n) is 9.23. The van der Waals surface area contributed by atoms with Gasteiger partial charge >= 0.3 is 6.18 Å². The largest absolute Gasteiger partial charge is 0.491 e. The molecule has 1 aromatic heterocycles. The number of piperazine rings is 1. The summed E-state index contributed by atoms with van der Waals surface area (Å²) in [6, 6.07) is 13.5. The van der Waals surface area contributed by atoms with Crippen LogP contribution in [-0.2, 0) is 12.7 Å². The van der Waals surface area contributed by atoms with Gasteiger partial charge in [0, 0.05) is 38.3 Å². The van der Waals surface area contributed by atoms with Gasteiger partial charge in [-0.1, -0.05) is 30.3 Å². The monoisotopic (exact) mass is 513 g/mol. The van der Waals surface area contributed by atoms with Crippen LogP contribution in [0.25, 0.3) is 0 Å². The second-order valence-corrected chi connectivity index (χ2v) is 9.23. The van der Waals surface area contributed by atoms with Crippen LogP contribution in [0.2, 0.25) is 0 Å². The lowest BCUT2D eigenvalue weighted by molar-refractivity contribution is -0.138. The van der Waals surface area contributed by atoms with E-state index in [1.54, 1.807) is 29.2 Å². The fourth-order valence-corrected chi connectivity index (χ4v) is 4.86. The van der Waals surface area contributed by atoms with Gasteiger partial charge in [-0.2, -0.15) is 18.3 Å². The first-order valence-electron chi connectivity index (χ1n) is 11.9. The van der Waals surface area contributed by atoms with Gasteiger partial charge in [-0.15, -0.1) is 0 Å². The minimum absolute atomic E-state index is 0.00720. The fourth-order valence-electron chi connectivity index (χ4n) is 4.86. The number of hydrogen-bond donors (Lipinski definition) is 1. The maximum absolute atomic E-state index is 13.8. The van der Waals surface area contributed by atoms with Gasteiger partial charge in [0.15, 0.2) is 0 Å². The molecule has 0 radical (unpaired) electrons. The van der Waals surface area contributed by atoms with Crippen LogP contribution in [-0.4, -0.2) is 65.7 Å². The molecule has 1 saturated heterocycles. The number of aromatic amines is 1. The highest BCUT2D eigenvalue weighted by Crippen LogP contribution is 2.42. The molecule has 3 aromatic rings. The number of anilines is 1. The number of hydrogen-bond acceptors (Lipinski definition) is 6. The molecule has 11 heteroatoms. The summed E-state index contributed by atoms with van der Waals surface area (Å²) in [4.78, 5) is 30.6. The number of rotatable bonds is 5. The van der Waals surface area contributed by atoms with Gasteiger partial charge in [0.05, 0.1) is 17.9 Å². The number of likely N-dealkylation sites (N-methyl/N-ethyl adjacent to an activating group) is 1. The lowest BCUT2D eigenvalue weighted by atomic mass is 10.1. The van der Waals surface area contributed by atoms with Gasteiger partial charge < -0.3 is 19.4 Å². The van der Waals surface area contributed by atoms with E-state index >= 15 is 0 Å². The van der Waals surface area contributed by atoms with E-state index < -0.39 is 23.3 Å². The van der Waals surface area contributed by atoms with Gasteiger partial charge in [-0.05, 0) is 36.4 Å². The maximum Gasteiger partial charge on any atom is 0.423 e. The Morgan fingerprint density at radius 1 is 1.11 bits per heavy atom. The number of alkyl halides is 3. The Hall–Kier alpha value is -3.86. The van der Waals surface area contributed by atoms with Crippen LogP contribution < -0.4 is 15.2 Å². The van der Waals surface area contributed by atoms with E-state index in [0.29, 0.717) is 24.4 Å². The zero-order valence-corrected chi connectivity index (χ0v) is 20.2. The molecule has 8 nitrogen and oxygen atoms in total. The van der Waals surface area contributed by atoms with Crippen LogP contribution in [0.1, 0.15) is 33.1 Å². The molecule has 37 heavy (non-hydrogen) atoms. The summed E-state index contributed by atoms with van der Waals surface area (Å²) < 4.78 is 47.5. The van der Waals surface area contributed by atoms with Crippen molar-refractivity contribution in [3.05, 3.63) is 87.3 Å². The number of nitrogens with one attached hydrogen (secondary N) is 1. The first-order chi connectivity index (χ1) is 17.7. The third kappa shape index (κ3) is 5.04. The maximum atomic E-state index is 13.8. The van der Waals surface area contributed by atoms with Crippen LogP contribution in [0.3, 0.4) is 0 Å². The third-order valence-corrected chi connectivity index (χ3v) is 6.84. The molecule has 0 spiro atoms. The van der Waals surface area contributed by atoms with E-state index in [0.717, 1.165) is 30.4 Å². The van der Waals surface area contributed by atoms with Crippen molar-refractivity contribution >= 4 is 11.6 Å². The zero-order chi connectivity index (χ0) is 26.2. The molecule has 3 heterocycles. The molecular weight excluding hydrogens is 487 g/mol. The fraction of sp³-hybridized carbons (Fsp3) is 0.346. The molecule has 194 valence electrons. The molecule has 1 fully saturated rings. The van der Waals surface area contributed by atoms with Crippen LogP contribution >= 0.6 is 0 Å². The van der Waals surface area contributed by atoms with E-state index in [1.807, 2.05) is 36.4 Å². The van der Waals surface area contributed by atoms with Crippen molar-refractivity contribution in [3.8, 4) is 5.75 Å². The predicted octanol–water partition coefficient (Wildman–Crippen LogP) is 3.32. The summed E-state index contributed by atoms with van der Waals surface area (Å²) in [7, 11) is 2.01. The van der Waals surface area contributed by atoms with Gasteiger partial charge in [0.2, 0.25) is 0 Å². The Labute approximate surface area is 211 Å². The average molecular weight is 514 g/mol. The molecule has 0 saturated carbocycles. The van der Waals surface area contributed by atoms with E-state index in [9.17, 15) is 22.8 Å². The first-order valence-corrected chi connectivity index (χ1v) is 11.9. The summed E-state index contributed by atoms with van der Waals surface area (Å²) >= 11 is 0. The Bertz CT molecular complexity index is 1350. The second kappa shape index (κ2) is 9.89. The minimum atomic E-state index is -4.86. The van der Waals surface area contributed by atoms with Crippen LogP contribution in [0.4, 0.5) is 18.9 Å². The Balaban J connectivity index is 1.40. The van der Waals surface area contributed by atoms with Crippen LogP contribution in [0.15, 0.2) is 59.5 Å². The Kier molecular flexibility index (Phi) is 6.63. The standard InChI is InChI=1S/C26H26F3N5O3/c1-32-9-11-33(12-10-32)25(36)17-6-4-7-19(13-17)37-16-22-20-8-3-2-5-18(20)15-34(22)21-14-30-31-24(35)23(21)26(27,28)29/h2-8,13-14,22H,9-12,15-16H2,1H3,(H,31,35). The number of nitrogens with zero attached hydrogens (tertiary/aromatic N) is 4. The van der Waals surface area contributed by atoms with Crippen molar-refractivity contribution in [1.82, 2.24) is 20.0 Å². The molecule has 2 aromatic carbocycles. The first kappa shape index (κ1) is 24.8. The summed E-state index contributed by atoms with van der Waals surface area (Å²) in [6.07, 6.45) is -3.83. The number of carbonyl (C=O) groups is 1. The van der Waals surface area contributed by atoms with Crippen molar-refractivity contribution in [2.75, 3.05) is 44.7 Å². The summed E-state index contributed by atoms with van der Waals surface area (Å²) in [6.45, 7) is 3.06. The SMILES string of the molecule is CN1CCN(C(=O)c2cccc(OCC3c4ccccc4CN3c3cn[nH]c(=O)c3C(F)(F)F)c2)CC1. The van der Waals surface area contributed by atoms with Crippen molar-refractivity contribution in [2.24, 2.45) is 0 Å². The van der Waals surface area contributed by atoms with Gasteiger partial charge in [-0.3, -0.25) is 9.59 Å². The van der Waals surface area contributed by atoms with Crippen molar-refractivity contribution in [1.29, 1.82) is 0 Å². The van der Waals surface area contributed by atoms with E-state index in [1.165, 1.54) is 4.90 Å². The number of fused-ring (bicyclic) bond motifs is 1. The topological polar surface area (TPSA) is 81.8 Å². The normalized spacial score (nSPS) is 18.1. The highest BCUT2D eigenvalue weighted by Gasteiger charge is 2.42. The number of halogens is 3. The van der Waals surface area contributed by atoms with Gasteiger partial charge in [0.1, 0.15) is 17.9 Å². The minimum Gasteiger partial charge on any atom is -0.491 e. The predicted molar refractivity (Wildman–Crippen MR) is 131 cm³/mol. The number of amides is 1. The summed E-state index contributed by atoms with van der Waals surface area (Å²) in [5.74, 6) is 0.347. The molecule has 5 rings (SSSR count). The number of H-pyrrole nitrogens is 1. The Morgan fingerprint density at radius 2 is 1.86 bits per heavy atom. The number of benzene rings is 2. The number of aromatic nitrogens is 2. The quantitative estimate of drug-likeness (QED) is 0.564. The van der Waals surface area contributed by atoms with Crippen molar-refractivity contribution in [3.63, 3.8) is 0 Å². The molecule has 1 atom stereocenters. The molecular formula is C26H26F3N5O3. The average Bonchev–Trinajstić information content (AvgIpc) is 3.25. The molecule has 2 aliphatic rings. The smallest absolute Gasteiger partial charge is 0.423 e. The van der Waals surface area contributed by atoms with Gasteiger partial charge in [0.25, 0.3) is 11.5 Å². The van der Waals surface area contributed by atoms with Crippen LogP contribution in [0, 0.1) is 0 Å². The highest BCUT2D eigenvalue weighted by molar-refractivity contribution is 5.94. The van der Waals surface area contributed by atoms with E-state index in [2.05, 4.69) is 10.00 Å². The molecule has 1 amide bonds. The Morgan fingerprint density at radius 3 is 2.62 bits per heavy atom. The molecule has 2 aliphatic heterocycles. The van der Waals surface area contributed by atoms with Crippen molar-refractivity contribution in [2.45, 2.75) is 18.8 Å². The lowest BCUT2D eigenvalue weighted by Gasteiger charge is -2.32. The lowest BCUT2D eigenvalue weighted by Crippen LogP contribution is -2.47. The van der Waals surface area contributed by atoms with E-state index in [4.69, 9.17) is 4.74 Å². The summed E-state index contributed by atoms with van der Waals surface area (Å²) in [5, 5.41) is 5.52. The molecule has 0 aliphatic carbocycles. The van der Waals surface area contributed by atoms with Gasteiger partial charge in [-0.25, -0.2) is 5.10 Å². The molecule has 1 N–H and O–H groups in total.